The van der Waals surface area contributed by atoms with Crippen molar-refractivity contribution >= 4 is 12.7 Å². The minimum atomic E-state index is -2.20. The Hall–Kier alpha value is -1.18. The summed E-state index contributed by atoms with van der Waals surface area (Å²) in [6.45, 7) is 14.0. The Bertz CT molecular complexity index is 804. The second kappa shape index (κ2) is 7.92. The van der Waals surface area contributed by atoms with Crippen LogP contribution in [-0.2, 0) is 23.7 Å². The molecule has 0 aromatic rings. The molecule has 11 heteroatoms. The molecule has 0 saturated carbocycles. The highest BCUT2D eigenvalue weighted by molar-refractivity contribution is 5.79. The molecular formula is C22H39NO10. The maximum atomic E-state index is 12.4. The van der Waals surface area contributed by atoms with E-state index in [2.05, 4.69) is 11.7 Å². The summed E-state index contributed by atoms with van der Waals surface area (Å²) in [5, 5.41) is 54.0. The van der Waals surface area contributed by atoms with Gasteiger partial charge in [0.05, 0.1) is 12.7 Å². The summed E-state index contributed by atoms with van der Waals surface area (Å²) in [6, 6.07) is 0. The van der Waals surface area contributed by atoms with Gasteiger partial charge in [0.1, 0.15) is 39.6 Å². The fourth-order valence-corrected chi connectivity index (χ4v) is 4.95. The van der Waals surface area contributed by atoms with Gasteiger partial charge in [-0.25, -0.2) is 4.79 Å². The number of carboxylic acid groups (broad SMARTS) is 1. The first-order chi connectivity index (χ1) is 14.7. The quantitative estimate of drug-likeness (QED) is 0.325. The average Bonchev–Trinajstić information content (AvgIpc) is 2.74. The number of aliphatic imine (C=N–C) groups is 1. The molecule has 11 nitrogen and oxygen atoms in total. The van der Waals surface area contributed by atoms with Crippen LogP contribution < -0.4 is 0 Å². The first-order valence-corrected chi connectivity index (χ1v) is 10.8. The highest BCUT2D eigenvalue weighted by Crippen LogP contribution is 2.55. The molecule has 10 unspecified atom stereocenters. The maximum absolute atomic E-state index is 12.4. The van der Waals surface area contributed by atoms with Crippen LogP contribution in [0.5, 0.6) is 0 Å². The van der Waals surface area contributed by atoms with Gasteiger partial charge in [-0.15, -0.1) is 0 Å². The zero-order valence-corrected chi connectivity index (χ0v) is 20.9. The first kappa shape index (κ1) is 28.1. The Morgan fingerprint density at radius 1 is 1.09 bits per heavy atom. The molecule has 33 heavy (non-hydrogen) atoms. The van der Waals surface area contributed by atoms with E-state index in [4.69, 9.17) is 18.9 Å². The number of rotatable bonds is 6. The van der Waals surface area contributed by atoms with E-state index in [0.29, 0.717) is 0 Å². The van der Waals surface area contributed by atoms with Crippen LogP contribution in [0, 0.1) is 0 Å². The summed E-state index contributed by atoms with van der Waals surface area (Å²) in [6.07, 6.45) is -4.00. The van der Waals surface area contributed by atoms with Gasteiger partial charge in [-0.1, -0.05) is 0 Å². The normalized spacial score (nSPS) is 55.2. The lowest BCUT2D eigenvalue weighted by Gasteiger charge is -2.65. The standard InChI is InChI=1S/C22H39NO10/c1-12-18(4,28)21(7,29)22(8,20(6,31-12)14(26)27)33-15-17(3,23-9)19(5,30-10)13(25)16(2,11-24)32-15/h12-13,15,24-25,28-29H,9,11H2,1-8,10H3,(H,26,27). The van der Waals surface area contributed by atoms with Crippen LogP contribution in [0.4, 0.5) is 0 Å². The fourth-order valence-electron chi connectivity index (χ4n) is 4.95. The molecule has 0 radical (unpaired) electrons. The van der Waals surface area contributed by atoms with Gasteiger partial charge in [0, 0.05) is 7.11 Å². The topological polar surface area (TPSA) is 168 Å². The second-order valence-corrected chi connectivity index (χ2v) is 10.4. The number of hydrogen-bond donors (Lipinski definition) is 5. The Morgan fingerprint density at radius 2 is 1.61 bits per heavy atom. The maximum Gasteiger partial charge on any atom is 0.338 e. The summed E-state index contributed by atoms with van der Waals surface area (Å²) in [4.78, 5) is 16.6. The smallest absolute Gasteiger partial charge is 0.338 e. The molecule has 192 valence electrons. The first-order valence-electron chi connectivity index (χ1n) is 10.8. The number of methoxy groups -OCH3 is 1. The van der Waals surface area contributed by atoms with E-state index in [1.165, 1.54) is 62.5 Å². The van der Waals surface area contributed by atoms with E-state index in [1.54, 1.807) is 0 Å². The van der Waals surface area contributed by atoms with Gasteiger partial charge in [0.25, 0.3) is 0 Å². The summed E-state index contributed by atoms with van der Waals surface area (Å²) >= 11 is 0. The number of nitrogens with zero attached hydrogens (tertiary/aromatic N) is 1. The van der Waals surface area contributed by atoms with E-state index < -0.39 is 70.2 Å². The molecule has 0 aliphatic carbocycles. The molecule has 2 saturated heterocycles. The Kier molecular flexibility index (Phi) is 6.74. The molecule has 0 aromatic carbocycles. The van der Waals surface area contributed by atoms with Crippen LogP contribution in [0.15, 0.2) is 4.99 Å². The number of aliphatic carboxylic acids is 1. The molecule has 2 aliphatic heterocycles. The summed E-state index contributed by atoms with van der Waals surface area (Å²) in [5.74, 6) is -1.45. The van der Waals surface area contributed by atoms with Crippen molar-refractivity contribution in [2.45, 2.75) is 113 Å². The van der Waals surface area contributed by atoms with E-state index >= 15 is 0 Å². The Balaban J connectivity index is 2.78. The van der Waals surface area contributed by atoms with Crippen molar-refractivity contribution in [2.75, 3.05) is 13.7 Å². The summed E-state index contributed by atoms with van der Waals surface area (Å²) < 4.78 is 23.7. The molecule has 0 aromatic heterocycles. The monoisotopic (exact) mass is 477 g/mol. The van der Waals surface area contributed by atoms with Gasteiger partial charge in [0.2, 0.25) is 0 Å². The largest absolute Gasteiger partial charge is 0.479 e. The van der Waals surface area contributed by atoms with Crippen LogP contribution in [0.1, 0.15) is 55.4 Å². The lowest BCUT2D eigenvalue weighted by molar-refractivity contribution is -0.427. The molecule has 2 fully saturated rings. The highest BCUT2D eigenvalue weighted by atomic mass is 16.7. The van der Waals surface area contributed by atoms with Crippen molar-refractivity contribution in [1.82, 2.24) is 0 Å². The molecule has 2 rings (SSSR count). The number of aliphatic hydroxyl groups is 4. The number of ether oxygens (including phenoxy) is 4. The lowest BCUT2D eigenvalue weighted by Crippen LogP contribution is -2.84. The molecule has 0 amide bonds. The zero-order chi connectivity index (χ0) is 26.1. The molecular weight excluding hydrogens is 438 g/mol. The van der Waals surface area contributed by atoms with Crippen molar-refractivity contribution in [2.24, 2.45) is 4.99 Å². The van der Waals surface area contributed by atoms with Crippen molar-refractivity contribution in [3.8, 4) is 0 Å². The molecule has 0 spiro atoms. The number of carboxylic acids is 1. The third kappa shape index (κ3) is 3.24. The van der Waals surface area contributed by atoms with E-state index in [9.17, 15) is 30.3 Å². The van der Waals surface area contributed by atoms with Crippen molar-refractivity contribution in [3.05, 3.63) is 0 Å². The van der Waals surface area contributed by atoms with Crippen LogP contribution in [-0.4, -0.2) is 110 Å². The molecule has 2 aliphatic rings. The van der Waals surface area contributed by atoms with E-state index in [1.807, 2.05) is 0 Å². The highest BCUT2D eigenvalue weighted by Gasteiger charge is 2.76. The molecule has 0 bridgehead atoms. The van der Waals surface area contributed by atoms with Crippen LogP contribution >= 0.6 is 0 Å². The third-order valence-corrected chi connectivity index (χ3v) is 8.79. The number of hydrogen-bond acceptors (Lipinski definition) is 10. The molecule has 10 atom stereocenters. The van der Waals surface area contributed by atoms with Crippen LogP contribution in [0.25, 0.3) is 0 Å². The Labute approximate surface area is 194 Å². The number of carbonyl (C=O) groups is 1. The van der Waals surface area contributed by atoms with Gasteiger partial charge in [-0.05, 0) is 62.1 Å². The van der Waals surface area contributed by atoms with Crippen LogP contribution in [0.2, 0.25) is 0 Å². The van der Waals surface area contributed by atoms with Crippen LogP contribution in [0.3, 0.4) is 0 Å². The Morgan fingerprint density at radius 3 is 2.00 bits per heavy atom. The van der Waals surface area contributed by atoms with E-state index in [-0.39, 0.29) is 0 Å². The predicted molar refractivity (Wildman–Crippen MR) is 117 cm³/mol. The van der Waals surface area contributed by atoms with Gasteiger partial charge in [-0.2, -0.15) is 0 Å². The summed E-state index contributed by atoms with van der Waals surface area (Å²) in [5.41, 5.74) is -13.2. The van der Waals surface area contributed by atoms with Crippen molar-refractivity contribution < 1.29 is 49.3 Å². The summed E-state index contributed by atoms with van der Waals surface area (Å²) in [7, 11) is 1.34. The predicted octanol–water partition coefficient (Wildman–Crippen LogP) is -0.142. The van der Waals surface area contributed by atoms with Gasteiger partial charge in [0.15, 0.2) is 11.9 Å². The minimum Gasteiger partial charge on any atom is -0.479 e. The molecule has 5 N–H and O–H groups in total. The van der Waals surface area contributed by atoms with E-state index in [0.717, 1.165) is 0 Å². The van der Waals surface area contributed by atoms with Crippen molar-refractivity contribution in [3.63, 3.8) is 0 Å². The zero-order valence-electron chi connectivity index (χ0n) is 20.9. The van der Waals surface area contributed by atoms with Crippen molar-refractivity contribution in [1.29, 1.82) is 0 Å². The SMILES string of the molecule is C=NC1(C)C(OC2(C)C(C)(C(=O)O)OC(C)C(C)(O)C2(C)O)OC(C)(CO)C(O)C1(C)OC. The lowest BCUT2D eigenvalue weighted by atomic mass is 9.61. The number of aliphatic hydroxyl groups excluding tert-OH is 2. The molecule has 2 heterocycles. The van der Waals surface area contributed by atoms with Gasteiger partial charge < -0.3 is 44.5 Å². The fraction of sp³-hybridized carbons (Fsp3) is 0.909. The van der Waals surface area contributed by atoms with Gasteiger partial charge >= 0.3 is 5.97 Å². The average molecular weight is 478 g/mol. The second-order valence-electron chi connectivity index (χ2n) is 10.4. The minimum absolute atomic E-state index is 0.644. The third-order valence-electron chi connectivity index (χ3n) is 8.79. The van der Waals surface area contributed by atoms with Gasteiger partial charge in [-0.3, -0.25) is 4.99 Å².